The Morgan fingerprint density at radius 1 is 1.07 bits per heavy atom. The van der Waals surface area contributed by atoms with Crippen LogP contribution in [-0.2, 0) is 9.53 Å². The standard InChI is InChI=1S/C19H17FN4O3/c1-27-12-18(25)21-14-3-2-4-15(11-14)22-19(26)17-9-10-24(23-17)16-7-5-13(20)6-8-16/h2-11H,12H2,1H3,(H,21,25)(H,22,26). The van der Waals surface area contributed by atoms with Crippen LogP contribution >= 0.6 is 0 Å². The normalized spacial score (nSPS) is 10.4. The molecule has 2 aromatic carbocycles. The molecule has 2 amide bonds. The fraction of sp³-hybridized carbons (Fsp3) is 0.105. The van der Waals surface area contributed by atoms with Crippen LogP contribution in [0.5, 0.6) is 0 Å². The van der Waals surface area contributed by atoms with Gasteiger partial charge in [-0.1, -0.05) is 6.07 Å². The summed E-state index contributed by atoms with van der Waals surface area (Å²) in [7, 11) is 1.43. The second kappa shape index (κ2) is 8.24. The van der Waals surface area contributed by atoms with Crippen molar-refractivity contribution in [2.24, 2.45) is 0 Å². The Bertz CT molecular complexity index is 954. The molecule has 27 heavy (non-hydrogen) atoms. The smallest absolute Gasteiger partial charge is 0.276 e. The van der Waals surface area contributed by atoms with Crippen molar-refractivity contribution in [3.63, 3.8) is 0 Å². The molecule has 0 aliphatic rings. The van der Waals surface area contributed by atoms with Crippen molar-refractivity contribution in [1.82, 2.24) is 9.78 Å². The summed E-state index contributed by atoms with van der Waals surface area (Å²) in [6.45, 7) is -0.0581. The molecular formula is C19H17FN4O3. The van der Waals surface area contributed by atoms with Gasteiger partial charge in [0.25, 0.3) is 5.91 Å². The van der Waals surface area contributed by atoms with Gasteiger partial charge < -0.3 is 15.4 Å². The van der Waals surface area contributed by atoms with Crippen molar-refractivity contribution in [2.45, 2.75) is 0 Å². The predicted molar refractivity (Wildman–Crippen MR) is 98.4 cm³/mol. The van der Waals surface area contributed by atoms with Crippen LogP contribution in [-0.4, -0.2) is 35.3 Å². The Hall–Kier alpha value is -3.52. The lowest BCUT2D eigenvalue weighted by Gasteiger charge is -2.08. The molecule has 1 aromatic heterocycles. The Kier molecular flexibility index (Phi) is 5.58. The number of nitrogens with one attached hydrogen (secondary N) is 2. The van der Waals surface area contributed by atoms with E-state index < -0.39 is 5.91 Å². The molecule has 0 spiro atoms. The zero-order valence-corrected chi connectivity index (χ0v) is 14.5. The largest absolute Gasteiger partial charge is 0.375 e. The topological polar surface area (TPSA) is 85.3 Å². The number of ether oxygens (including phenoxy) is 1. The second-order valence-corrected chi connectivity index (χ2v) is 5.64. The molecule has 3 rings (SSSR count). The highest BCUT2D eigenvalue weighted by Gasteiger charge is 2.11. The first-order chi connectivity index (χ1) is 13.0. The minimum atomic E-state index is -0.406. The van der Waals surface area contributed by atoms with Gasteiger partial charge in [-0.05, 0) is 48.5 Å². The summed E-state index contributed by atoms with van der Waals surface area (Å²) in [6, 6.07) is 14.1. The van der Waals surface area contributed by atoms with Gasteiger partial charge >= 0.3 is 0 Å². The van der Waals surface area contributed by atoms with E-state index in [1.807, 2.05) is 0 Å². The molecular weight excluding hydrogens is 351 g/mol. The van der Waals surface area contributed by atoms with Crippen LogP contribution in [0, 0.1) is 5.82 Å². The summed E-state index contributed by atoms with van der Waals surface area (Å²) in [5, 5.41) is 9.58. The lowest BCUT2D eigenvalue weighted by molar-refractivity contribution is -0.119. The monoisotopic (exact) mass is 368 g/mol. The van der Waals surface area contributed by atoms with Gasteiger partial charge in [-0.3, -0.25) is 9.59 Å². The van der Waals surface area contributed by atoms with Gasteiger partial charge in [0, 0.05) is 24.7 Å². The van der Waals surface area contributed by atoms with Crippen LogP contribution in [0.3, 0.4) is 0 Å². The van der Waals surface area contributed by atoms with E-state index in [4.69, 9.17) is 4.74 Å². The van der Waals surface area contributed by atoms with E-state index in [0.717, 1.165) is 0 Å². The van der Waals surface area contributed by atoms with E-state index in [-0.39, 0.29) is 24.0 Å². The number of aromatic nitrogens is 2. The van der Waals surface area contributed by atoms with Crippen LogP contribution in [0.4, 0.5) is 15.8 Å². The van der Waals surface area contributed by atoms with Crippen molar-refractivity contribution in [3.8, 4) is 5.69 Å². The molecule has 0 bridgehead atoms. The number of hydrogen-bond donors (Lipinski definition) is 2. The van der Waals surface area contributed by atoms with Crippen molar-refractivity contribution in [3.05, 3.63) is 72.3 Å². The van der Waals surface area contributed by atoms with E-state index in [1.54, 1.807) is 48.7 Å². The number of rotatable bonds is 6. The minimum absolute atomic E-state index is 0.0581. The van der Waals surface area contributed by atoms with Gasteiger partial charge in [0.2, 0.25) is 5.91 Å². The Morgan fingerprint density at radius 3 is 2.48 bits per heavy atom. The van der Waals surface area contributed by atoms with Gasteiger partial charge in [0.05, 0.1) is 5.69 Å². The van der Waals surface area contributed by atoms with E-state index in [9.17, 15) is 14.0 Å². The molecule has 0 aliphatic carbocycles. The first-order valence-electron chi connectivity index (χ1n) is 8.07. The van der Waals surface area contributed by atoms with Crippen LogP contribution in [0.2, 0.25) is 0 Å². The maximum absolute atomic E-state index is 13.0. The van der Waals surface area contributed by atoms with Crippen LogP contribution in [0.25, 0.3) is 5.69 Å². The van der Waals surface area contributed by atoms with Crippen molar-refractivity contribution in [1.29, 1.82) is 0 Å². The number of halogens is 1. The van der Waals surface area contributed by atoms with E-state index >= 15 is 0 Å². The lowest BCUT2D eigenvalue weighted by Crippen LogP contribution is -2.17. The van der Waals surface area contributed by atoms with Gasteiger partial charge in [-0.15, -0.1) is 0 Å². The molecule has 0 radical (unpaired) electrons. The molecule has 138 valence electrons. The van der Waals surface area contributed by atoms with Gasteiger partial charge in [0.15, 0.2) is 5.69 Å². The highest BCUT2D eigenvalue weighted by Crippen LogP contribution is 2.16. The molecule has 8 heteroatoms. The fourth-order valence-electron chi connectivity index (χ4n) is 2.38. The maximum atomic E-state index is 13.0. The molecule has 3 aromatic rings. The van der Waals surface area contributed by atoms with Crippen molar-refractivity contribution >= 4 is 23.2 Å². The summed E-state index contributed by atoms with van der Waals surface area (Å²) in [6.07, 6.45) is 1.61. The molecule has 0 unspecified atom stereocenters. The number of anilines is 2. The molecule has 7 nitrogen and oxygen atoms in total. The maximum Gasteiger partial charge on any atom is 0.276 e. The summed E-state index contributed by atoms with van der Waals surface area (Å²) < 4.78 is 19.2. The van der Waals surface area contributed by atoms with E-state index in [1.165, 1.54) is 23.9 Å². The Balaban J connectivity index is 1.69. The highest BCUT2D eigenvalue weighted by molar-refractivity contribution is 6.03. The average Bonchev–Trinajstić information content (AvgIpc) is 3.13. The van der Waals surface area contributed by atoms with Gasteiger partial charge in [-0.25, -0.2) is 9.07 Å². The van der Waals surface area contributed by atoms with Crippen LogP contribution in [0.15, 0.2) is 60.8 Å². The predicted octanol–water partition coefficient (Wildman–Crippen LogP) is 2.85. The molecule has 0 fully saturated rings. The van der Waals surface area contributed by atoms with Crippen molar-refractivity contribution < 1.29 is 18.7 Å². The van der Waals surface area contributed by atoms with Gasteiger partial charge in [0.1, 0.15) is 12.4 Å². The number of hydrogen-bond acceptors (Lipinski definition) is 4. The molecule has 2 N–H and O–H groups in total. The highest BCUT2D eigenvalue weighted by atomic mass is 19.1. The Labute approximate surface area is 154 Å². The molecule has 1 heterocycles. The second-order valence-electron chi connectivity index (χ2n) is 5.64. The number of carbonyl (C=O) groups is 2. The number of nitrogens with zero attached hydrogens (tertiary/aromatic N) is 2. The van der Waals surface area contributed by atoms with Crippen LogP contribution in [0.1, 0.15) is 10.5 Å². The molecule has 0 saturated heterocycles. The molecule has 0 saturated carbocycles. The van der Waals surface area contributed by atoms with Crippen LogP contribution < -0.4 is 10.6 Å². The van der Waals surface area contributed by atoms with E-state index in [2.05, 4.69) is 15.7 Å². The third-order valence-corrected chi connectivity index (χ3v) is 3.59. The van der Waals surface area contributed by atoms with Crippen molar-refractivity contribution in [2.75, 3.05) is 24.4 Å². The van der Waals surface area contributed by atoms with Gasteiger partial charge in [-0.2, -0.15) is 5.10 Å². The number of amides is 2. The first-order valence-corrected chi connectivity index (χ1v) is 8.07. The number of benzene rings is 2. The lowest BCUT2D eigenvalue weighted by atomic mass is 10.2. The zero-order valence-electron chi connectivity index (χ0n) is 14.5. The summed E-state index contributed by atoms with van der Waals surface area (Å²) in [5.74, 6) is -1.04. The minimum Gasteiger partial charge on any atom is -0.375 e. The zero-order chi connectivity index (χ0) is 19.2. The Morgan fingerprint density at radius 2 is 1.78 bits per heavy atom. The molecule has 0 atom stereocenters. The third kappa shape index (κ3) is 4.77. The summed E-state index contributed by atoms with van der Waals surface area (Å²) >= 11 is 0. The number of carbonyl (C=O) groups excluding carboxylic acids is 2. The summed E-state index contributed by atoms with van der Waals surface area (Å²) in [4.78, 5) is 24.0. The quantitative estimate of drug-likeness (QED) is 0.701. The number of methoxy groups -OCH3 is 1. The third-order valence-electron chi connectivity index (χ3n) is 3.59. The average molecular weight is 368 g/mol. The van der Waals surface area contributed by atoms with E-state index in [0.29, 0.717) is 17.1 Å². The SMILES string of the molecule is COCC(=O)Nc1cccc(NC(=O)c2ccn(-c3ccc(F)cc3)n2)c1. The fourth-order valence-corrected chi connectivity index (χ4v) is 2.38. The molecule has 0 aliphatic heterocycles. The summed E-state index contributed by atoms with van der Waals surface area (Å²) in [5.41, 5.74) is 1.88. The first kappa shape index (κ1) is 18.3.